The zero-order chi connectivity index (χ0) is 31.6. The molecule has 0 aliphatic carbocycles. The zero-order valence-corrected chi connectivity index (χ0v) is 25.3. The monoisotopic (exact) mass is 624 g/mol. The Morgan fingerprint density at radius 2 is 0.681 bits per heavy atom. The Hall–Kier alpha value is -6.05. The van der Waals surface area contributed by atoms with Crippen LogP contribution in [0.5, 0.6) is 0 Å². The van der Waals surface area contributed by atoms with Crippen molar-refractivity contribution in [3.8, 4) is 0 Å². The lowest BCUT2D eigenvalue weighted by Gasteiger charge is -2.15. The predicted molar refractivity (Wildman–Crippen MR) is 191 cm³/mol. The van der Waals surface area contributed by atoms with Crippen molar-refractivity contribution in [2.45, 2.75) is 9.79 Å². The summed E-state index contributed by atoms with van der Waals surface area (Å²) in [5, 5.41) is 4.34. The van der Waals surface area contributed by atoms with E-state index in [4.69, 9.17) is 0 Å². The number of benzene rings is 6. The molecule has 0 saturated carbocycles. The summed E-state index contributed by atoms with van der Waals surface area (Å²) in [4.78, 5) is 56.3. The van der Waals surface area contributed by atoms with Gasteiger partial charge in [-0.05, 0) is 84.9 Å². The smallest absolute Gasteiger partial charge is 0.197 e. The normalized spacial score (nSPS) is 12.3. The molecular formula is C40H20N2O4S. The number of hydrogen-bond donors (Lipinski definition) is 0. The highest BCUT2D eigenvalue weighted by atomic mass is 32.2. The first-order chi connectivity index (χ1) is 23.0. The van der Waals surface area contributed by atoms with Gasteiger partial charge in [0.15, 0.2) is 21.7 Å². The molecule has 0 fully saturated rings. The Labute approximate surface area is 268 Å². The number of nitrogens with zero attached hydrogens (tertiary/aromatic N) is 2. The number of hydrogen-bond acceptors (Lipinski definition) is 5. The van der Waals surface area contributed by atoms with Crippen molar-refractivity contribution in [3.63, 3.8) is 0 Å². The van der Waals surface area contributed by atoms with Crippen LogP contribution in [0.15, 0.2) is 150 Å². The summed E-state index contributed by atoms with van der Waals surface area (Å²) in [5.41, 5.74) is 3.79. The van der Waals surface area contributed by atoms with Gasteiger partial charge in [0.2, 0.25) is 0 Å². The van der Waals surface area contributed by atoms with Crippen LogP contribution in [-0.2, 0) is 0 Å². The van der Waals surface area contributed by atoms with Gasteiger partial charge in [-0.3, -0.25) is 19.2 Å². The summed E-state index contributed by atoms with van der Waals surface area (Å²) in [7, 11) is 0. The molecule has 6 aromatic carbocycles. The van der Waals surface area contributed by atoms with E-state index in [1.807, 2.05) is 93.7 Å². The van der Waals surface area contributed by atoms with E-state index in [1.54, 1.807) is 36.4 Å². The van der Waals surface area contributed by atoms with E-state index in [0.717, 1.165) is 31.9 Å². The van der Waals surface area contributed by atoms with Crippen molar-refractivity contribution in [1.29, 1.82) is 0 Å². The van der Waals surface area contributed by atoms with E-state index < -0.39 is 0 Å². The van der Waals surface area contributed by atoms with E-state index in [-0.39, 0.29) is 21.7 Å². The Morgan fingerprint density at radius 1 is 0.340 bits per heavy atom. The molecule has 0 aliphatic heterocycles. The van der Waals surface area contributed by atoms with Gasteiger partial charge in [-0.15, -0.1) is 0 Å². The molecule has 0 atom stereocenters. The van der Waals surface area contributed by atoms with E-state index in [2.05, 4.69) is 0 Å². The van der Waals surface area contributed by atoms with E-state index in [9.17, 15) is 19.2 Å². The minimum absolute atomic E-state index is 0.0856. The summed E-state index contributed by atoms with van der Waals surface area (Å²) < 4.78 is 4.05. The quantitative estimate of drug-likeness (QED) is 0.146. The van der Waals surface area contributed by atoms with Gasteiger partial charge in [-0.2, -0.15) is 0 Å². The first kappa shape index (κ1) is 26.2. The molecule has 7 heteroatoms. The maximum absolute atomic E-state index is 13.9. The minimum Gasteiger partial charge on any atom is -0.308 e. The van der Waals surface area contributed by atoms with Crippen LogP contribution in [0.2, 0.25) is 0 Å². The first-order valence-electron chi connectivity index (χ1n) is 15.2. The van der Waals surface area contributed by atoms with Gasteiger partial charge in [0, 0.05) is 52.9 Å². The number of aromatic nitrogens is 2. The topological polar surface area (TPSA) is 77.1 Å². The van der Waals surface area contributed by atoms with Gasteiger partial charge in [0.25, 0.3) is 0 Å². The molecule has 0 spiro atoms. The van der Waals surface area contributed by atoms with Gasteiger partial charge in [0.1, 0.15) is 0 Å². The second kappa shape index (κ2) is 9.25. The maximum Gasteiger partial charge on any atom is 0.197 e. The summed E-state index contributed by atoms with van der Waals surface area (Å²) in [6.07, 6.45) is 0. The van der Waals surface area contributed by atoms with Gasteiger partial charge in [0.05, 0.1) is 33.1 Å². The Bertz CT molecular complexity index is 3040. The average molecular weight is 625 g/mol. The molecule has 4 aromatic heterocycles. The number of fused-ring (bicyclic) bond motifs is 8. The third kappa shape index (κ3) is 3.41. The largest absolute Gasteiger partial charge is 0.308 e. The van der Waals surface area contributed by atoms with Crippen LogP contribution in [-0.4, -0.2) is 8.80 Å². The number of rotatable bonds is 2. The highest BCUT2D eigenvalue weighted by Gasteiger charge is 2.19. The van der Waals surface area contributed by atoms with Crippen LogP contribution in [0.4, 0.5) is 0 Å². The summed E-state index contributed by atoms with van der Waals surface area (Å²) in [6.45, 7) is 0. The van der Waals surface area contributed by atoms with Crippen molar-refractivity contribution < 1.29 is 0 Å². The molecule has 0 bridgehead atoms. The molecule has 6 nitrogen and oxygen atoms in total. The molecule has 10 aromatic rings. The van der Waals surface area contributed by atoms with Crippen molar-refractivity contribution in [2.24, 2.45) is 0 Å². The van der Waals surface area contributed by atoms with E-state index in [0.29, 0.717) is 54.1 Å². The zero-order valence-electron chi connectivity index (χ0n) is 24.5. The van der Waals surface area contributed by atoms with Gasteiger partial charge in [-0.1, -0.05) is 48.2 Å². The fraction of sp³-hybridized carbons (Fsp3) is 0. The number of para-hydroxylation sites is 4. The van der Waals surface area contributed by atoms with Gasteiger partial charge < -0.3 is 8.80 Å². The third-order valence-electron chi connectivity index (χ3n) is 9.42. The molecule has 0 saturated heterocycles. The highest BCUT2D eigenvalue weighted by Crippen LogP contribution is 2.34. The van der Waals surface area contributed by atoms with Crippen LogP contribution in [0.25, 0.3) is 76.2 Å². The summed E-state index contributed by atoms with van der Waals surface area (Å²) >= 11 is 1.47. The SMILES string of the molecule is O=c1c2ccccc2n2c3ccc(Sc4ccc5c(c4)c(=O)c4cccc6c(=O)c7ccccc7n5c64)cc3c(=O)c3cccc1c32. The second-order valence-corrected chi connectivity index (χ2v) is 13.0. The van der Waals surface area contributed by atoms with Crippen LogP contribution in [0.1, 0.15) is 0 Å². The molecule has 220 valence electrons. The standard InChI is InChI=1S/C40H20N2O4S/c43-37-23-7-1-3-13-31(23)41-33-17-15-21(19-29(33)39(45)27-11-5-9-25(37)35(27)41)47-22-16-18-34-30(20-22)40(46)28-12-6-10-26-36(28)42(34)32-14-4-2-8-24(32)38(26)44/h1-20H. The molecule has 0 amide bonds. The van der Waals surface area contributed by atoms with Crippen LogP contribution in [0.3, 0.4) is 0 Å². The third-order valence-corrected chi connectivity index (χ3v) is 10.4. The van der Waals surface area contributed by atoms with Crippen molar-refractivity contribution in [3.05, 3.63) is 162 Å². The fourth-order valence-corrected chi connectivity index (χ4v) is 8.29. The molecule has 0 N–H and O–H groups in total. The maximum atomic E-state index is 13.9. The molecule has 0 radical (unpaired) electrons. The van der Waals surface area contributed by atoms with E-state index in [1.165, 1.54) is 11.8 Å². The lowest BCUT2D eigenvalue weighted by molar-refractivity contribution is 1.29. The second-order valence-electron chi connectivity index (χ2n) is 11.9. The fourth-order valence-electron chi connectivity index (χ4n) is 7.39. The number of pyridine rings is 4. The van der Waals surface area contributed by atoms with Gasteiger partial charge in [-0.25, -0.2) is 0 Å². The van der Waals surface area contributed by atoms with Crippen LogP contribution < -0.4 is 21.7 Å². The Morgan fingerprint density at radius 3 is 1.11 bits per heavy atom. The first-order valence-corrected chi connectivity index (χ1v) is 16.0. The van der Waals surface area contributed by atoms with Crippen molar-refractivity contribution >= 4 is 88.0 Å². The Balaban J connectivity index is 1.21. The van der Waals surface area contributed by atoms with Crippen molar-refractivity contribution in [2.75, 3.05) is 0 Å². The predicted octanol–water partition coefficient (Wildman–Crippen LogP) is 7.58. The lowest BCUT2D eigenvalue weighted by Crippen LogP contribution is -2.14. The molecule has 0 unspecified atom stereocenters. The average Bonchev–Trinajstić information content (AvgIpc) is 3.11. The van der Waals surface area contributed by atoms with Gasteiger partial charge >= 0.3 is 0 Å². The molecule has 47 heavy (non-hydrogen) atoms. The van der Waals surface area contributed by atoms with Crippen LogP contribution in [0, 0.1) is 0 Å². The summed E-state index contributed by atoms with van der Waals surface area (Å²) in [5.74, 6) is 0. The molecular weight excluding hydrogens is 605 g/mol. The van der Waals surface area contributed by atoms with E-state index >= 15 is 0 Å². The summed E-state index contributed by atoms with van der Waals surface area (Å²) in [6, 6.07) is 37.2. The molecule has 10 rings (SSSR count). The minimum atomic E-state index is -0.130. The lowest BCUT2D eigenvalue weighted by atomic mass is 10.0. The van der Waals surface area contributed by atoms with Crippen LogP contribution >= 0.6 is 11.8 Å². The Kier molecular flexibility index (Phi) is 5.15. The highest BCUT2D eigenvalue weighted by molar-refractivity contribution is 7.99. The molecule has 0 aliphatic rings. The molecule has 4 heterocycles. The van der Waals surface area contributed by atoms with Crippen molar-refractivity contribution in [1.82, 2.24) is 8.80 Å².